The molecule has 114 valence electrons. The largest absolute Gasteiger partial charge is 0.369 e. The van der Waals surface area contributed by atoms with Gasteiger partial charge in [-0.1, -0.05) is 41.8 Å². The molecule has 1 fully saturated rings. The molecule has 0 unspecified atom stereocenters. The lowest BCUT2D eigenvalue weighted by Gasteiger charge is -2.28. The molecule has 6 heteroatoms. The molecular weight excluding hydrogens is 311 g/mol. The second kappa shape index (κ2) is 7.14. The maximum atomic E-state index is 12.1. The molecule has 0 spiro atoms. The van der Waals surface area contributed by atoms with Crippen LogP contribution in [0.5, 0.6) is 0 Å². The zero-order valence-corrected chi connectivity index (χ0v) is 13.1. The fourth-order valence-electron chi connectivity index (χ4n) is 2.72. The molecule has 2 rings (SSSR count). The smallest absolute Gasteiger partial charge is 0.224 e. The highest BCUT2D eigenvalue weighted by molar-refractivity contribution is 6.42. The van der Waals surface area contributed by atoms with Gasteiger partial charge in [0.1, 0.15) is 0 Å². The van der Waals surface area contributed by atoms with Gasteiger partial charge in [-0.15, -0.1) is 0 Å². The van der Waals surface area contributed by atoms with Gasteiger partial charge in [0.25, 0.3) is 0 Å². The first-order valence-electron chi connectivity index (χ1n) is 6.99. The van der Waals surface area contributed by atoms with Crippen molar-refractivity contribution < 1.29 is 9.59 Å². The third kappa shape index (κ3) is 4.35. The van der Waals surface area contributed by atoms with E-state index in [4.69, 9.17) is 28.9 Å². The number of nitrogens with two attached hydrogens (primary N) is 1. The summed E-state index contributed by atoms with van der Waals surface area (Å²) in [7, 11) is 0. The van der Waals surface area contributed by atoms with Crippen molar-refractivity contribution in [3.05, 3.63) is 33.8 Å². The molecule has 0 heterocycles. The van der Waals surface area contributed by atoms with Crippen molar-refractivity contribution in [1.82, 2.24) is 5.32 Å². The van der Waals surface area contributed by atoms with Crippen molar-refractivity contribution in [3.8, 4) is 0 Å². The number of rotatable bonds is 4. The minimum Gasteiger partial charge on any atom is -0.369 e. The van der Waals surface area contributed by atoms with Gasteiger partial charge in [0.05, 0.1) is 16.5 Å². The van der Waals surface area contributed by atoms with Gasteiger partial charge >= 0.3 is 0 Å². The first kappa shape index (κ1) is 16.1. The summed E-state index contributed by atoms with van der Waals surface area (Å²) in [4.78, 5) is 23.3. The Morgan fingerprint density at radius 2 is 2.05 bits per heavy atom. The van der Waals surface area contributed by atoms with E-state index in [2.05, 4.69) is 5.32 Å². The van der Waals surface area contributed by atoms with Gasteiger partial charge in [0, 0.05) is 12.0 Å². The van der Waals surface area contributed by atoms with Crippen molar-refractivity contribution in [1.29, 1.82) is 0 Å². The molecule has 1 aliphatic rings. The molecule has 21 heavy (non-hydrogen) atoms. The summed E-state index contributed by atoms with van der Waals surface area (Å²) in [6.45, 7) is 0. The lowest BCUT2D eigenvalue weighted by Crippen LogP contribution is -2.41. The highest BCUT2D eigenvalue weighted by atomic mass is 35.5. The average Bonchev–Trinajstić information content (AvgIpc) is 2.44. The number of nitrogens with one attached hydrogen (secondary N) is 1. The fourth-order valence-corrected chi connectivity index (χ4v) is 3.10. The molecule has 0 bridgehead atoms. The van der Waals surface area contributed by atoms with Crippen LogP contribution in [-0.2, 0) is 16.0 Å². The second-order valence-corrected chi connectivity index (χ2v) is 6.21. The minimum absolute atomic E-state index is 0.00158. The topological polar surface area (TPSA) is 72.2 Å². The number of halogens is 2. The number of carbonyl (C=O) groups excluding carboxylic acids is 2. The number of hydrogen-bond donors (Lipinski definition) is 2. The van der Waals surface area contributed by atoms with E-state index in [0.29, 0.717) is 22.0 Å². The van der Waals surface area contributed by atoms with Crippen molar-refractivity contribution in [2.75, 3.05) is 0 Å². The van der Waals surface area contributed by atoms with Crippen LogP contribution < -0.4 is 11.1 Å². The summed E-state index contributed by atoms with van der Waals surface area (Å²) in [6, 6.07) is 5.23. The molecule has 0 aliphatic heterocycles. The lowest BCUT2D eigenvalue weighted by atomic mass is 9.85. The van der Waals surface area contributed by atoms with E-state index in [1.807, 2.05) is 0 Å². The normalized spacial score (nSPS) is 21.8. The van der Waals surface area contributed by atoms with E-state index in [1.165, 1.54) is 0 Å². The van der Waals surface area contributed by atoms with Gasteiger partial charge < -0.3 is 11.1 Å². The van der Waals surface area contributed by atoms with E-state index in [1.54, 1.807) is 18.2 Å². The quantitative estimate of drug-likeness (QED) is 0.891. The van der Waals surface area contributed by atoms with Crippen LogP contribution in [0.25, 0.3) is 0 Å². The molecule has 1 saturated carbocycles. The molecule has 3 N–H and O–H groups in total. The van der Waals surface area contributed by atoms with Crippen LogP contribution in [0, 0.1) is 5.92 Å². The SMILES string of the molecule is NC(=O)[C@H]1CCC[C@H](NC(=O)Cc2cccc(Cl)c2Cl)C1. The maximum absolute atomic E-state index is 12.1. The molecule has 0 saturated heterocycles. The molecule has 1 aliphatic carbocycles. The summed E-state index contributed by atoms with van der Waals surface area (Å²) in [5, 5.41) is 3.80. The van der Waals surface area contributed by atoms with E-state index in [-0.39, 0.29) is 30.2 Å². The predicted molar refractivity (Wildman–Crippen MR) is 83.2 cm³/mol. The van der Waals surface area contributed by atoms with Crippen LogP contribution in [0.1, 0.15) is 31.2 Å². The maximum Gasteiger partial charge on any atom is 0.224 e. The van der Waals surface area contributed by atoms with Crippen molar-refractivity contribution in [3.63, 3.8) is 0 Å². The molecule has 0 aromatic heterocycles. The summed E-state index contributed by atoms with van der Waals surface area (Å²) in [5.74, 6) is -0.542. The monoisotopic (exact) mass is 328 g/mol. The number of amides is 2. The zero-order valence-electron chi connectivity index (χ0n) is 11.6. The van der Waals surface area contributed by atoms with E-state index in [0.717, 1.165) is 19.3 Å². The minimum atomic E-state index is -0.285. The van der Waals surface area contributed by atoms with E-state index >= 15 is 0 Å². The number of carbonyl (C=O) groups is 2. The Hall–Kier alpha value is -1.26. The van der Waals surface area contributed by atoms with Crippen LogP contribution in [0.15, 0.2) is 18.2 Å². The van der Waals surface area contributed by atoms with E-state index < -0.39 is 0 Å². The molecule has 4 nitrogen and oxygen atoms in total. The summed E-state index contributed by atoms with van der Waals surface area (Å²) in [6.07, 6.45) is 3.37. The van der Waals surface area contributed by atoms with Gasteiger partial charge in [-0.05, 0) is 30.9 Å². The van der Waals surface area contributed by atoms with Gasteiger partial charge in [0.2, 0.25) is 11.8 Å². The second-order valence-electron chi connectivity index (χ2n) is 5.42. The zero-order chi connectivity index (χ0) is 15.4. The molecule has 2 atom stereocenters. The third-order valence-corrected chi connectivity index (χ3v) is 4.68. The van der Waals surface area contributed by atoms with Crippen LogP contribution in [0.2, 0.25) is 10.0 Å². The van der Waals surface area contributed by atoms with E-state index in [9.17, 15) is 9.59 Å². The number of benzene rings is 1. The first-order chi connectivity index (χ1) is 9.97. The fraction of sp³-hybridized carbons (Fsp3) is 0.467. The van der Waals surface area contributed by atoms with Gasteiger partial charge in [-0.25, -0.2) is 0 Å². The van der Waals surface area contributed by atoms with Gasteiger partial charge in [-0.2, -0.15) is 0 Å². The Morgan fingerprint density at radius 3 is 2.76 bits per heavy atom. The summed E-state index contributed by atoms with van der Waals surface area (Å²) >= 11 is 12.0. The van der Waals surface area contributed by atoms with Crippen molar-refractivity contribution in [2.45, 2.75) is 38.1 Å². The Kier molecular flexibility index (Phi) is 5.48. The van der Waals surface area contributed by atoms with Crippen molar-refractivity contribution in [2.24, 2.45) is 11.7 Å². The van der Waals surface area contributed by atoms with Gasteiger partial charge in [0.15, 0.2) is 0 Å². The predicted octanol–water partition coefficient (Wildman–Crippen LogP) is 2.70. The molecule has 2 amide bonds. The lowest BCUT2D eigenvalue weighted by molar-refractivity contribution is -0.125. The molecule has 1 aromatic rings. The first-order valence-corrected chi connectivity index (χ1v) is 7.74. The number of hydrogen-bond acceptors (Lipinski definition) is 2. The molecule has 0 radical (unpaired) electrons. The average molecular weight is 329 g/mol. The van der Waals surface area contributed by atoms with Crippen LogP contribution in [0.4, 0.5) is 0 Å². The highest BCUT2D eigenvalue weighted by Crippen LogP contribution is 2.27. The van der Waals surface area contributed by atoms with Crippen LogP contribution in [-0.4, -0.2) is 17.9 Å². The van der Waals surface area contributed by atoms with Crippen molar-refractivity contribution >= 4 is 35.0 Å². The third-order valence-electron chi connectivity index (χ3n) is 3.82. The van der Waals surface area contributed by atoms with Crippen LogP contribution in [0.3, 0.4) is 0 Å². The highest BCUT2D eigenvalue weighted by Gasteiger charge is 2.26. The number of primary amides is 1. The van der Waals surface area contributed by atoms with Crippen LogP contribution >= 0.6 is 23.2 Å². The molecular formula is C15H18Cl2N2O2. The Balaban J connectivity index is 1.92. The summed E-state index contributed by atoms with van der Waals surface area (Å²) < 4.78 is 0. The standard InChI is InChI=1S/C15H18Cl2N2O2/c16-12-6-2-3-9(14(12)17)8-13(20)19-11-5-1-4-10(7-11)15(18)21/h2-3,6,10-11H,1,4-5,7-8H2,(H2,18,21)(H,19,20)/t10-,11-/m0/s1. The van der Waals surface area contributed by atoms with Gasteiger partial charge in [-0.3, -0.25) is 9.59 Å². The Bertz CT molecular complexity index is 548. The summed E-state index contributed by atoms with van der Waals surface area (Å²) in [5.41, 5.74) is 6.03. The molecule has 1 aromatic carbocycles. The Morgan fingerprint density at radius 1 is 1.29 bits per heavy atom. The Labute approximate surface area is 134 Å².